The van der Waals surface area contributed by atoms with E-state index < -0.39 is 5.97 Å². The molecule has 0 radical (unpaired) electrons. The van der Waals surface area contributed by atoms with Gasteiger partial charge in [0.1, 0.15) is 6.07 Å². The lowest BCUT2D eigenvalue weighted by Crippen LogP contribution is -2.07. The van der Waals surface area contributed by atoms with Crippen LogP contribution in [0.1, 0.15) is 6.92 Å². The monoisotopic (exact) mass is 342 g/mol. The summed E-state index contributed by atoms with van der Waals surface area (Å²) in [5, 5.41) is 11.7. The first-order valence-electron chi connectivity index (χ1n) is 4.97. The second kappa shape index (κ2) is 6.91. The molecule has 0 amide bonds. The Balaban J connectivity index is 2.75. The first kappa shape index (κ1) is 13.5. The number of anilines is 1. The van der Waals surface area contributed by atoms with Crippen LogP contribution < -0.4 is 5.32 Å². The molecular weight excluding hydrogens is 331 g/mol. The average molecular weight is 342 g/mol. The smallest absolute Gasteiger partial charge is 0.350 e. The number of benzene rings is 1. The van der Waals surface area contributed by atoms with Crippen molar-refractivity contribution in [2.75, 3.05) is 11.9 Å². The molecule has 0 saturated carbocycles. The van der Waals surface area contributed by atoms with Crippen LogP contribution in [0.15, 0.2) is 36.0 Å². The first-order chi connectivity index (χ1) is 8.17. The van der Waals surface area contributed by atoms with Gasteiger partial charge in [-0.1, -0.05) is 6.07 Å². The van der Waals surface area contributed by atoms with Crippen LogP contribution in [-0.2, 0) is 9.53 Å². The summed E-state index contributed by atoms with van der Waals surface area (Å²) in [7, 11) is 0. The van der Waals surface area contributed by atoms with E-state index in [1.54, 1.807) is 13.0 Å². The number of halogens is 1. The largest absolute Gasteiger partial charge is 0.462 e. The maximum atomic E-state index is 11.3. The Bertz CT molecular complexity index is 478. The van der Waals surface area contributed by atoms with Crippen LogP contribution in [0.5, 0.6) is 0 Å². The zero-order valence-electron chi connectivity index (χ0n) is 9.24. The van der Waals surface area contributed by atoms with E-state index in [2.05, 4.69) is 27.9 Å². The number of hydrogen-bond donors (Lipinski definition) is 1. The van der Waals surface area contributed by atoms with Crippen LogP contribution in [0.2, 0.25) is 0 Å². The molecule has 0 fully saturated rings. The molecule has 0 aromatic heterocycles. The fourth-order valence-electron chi connectivity index (χ4n) is 1.08. The van der Waals surface area contributed by atoms with Gasteiger partial charge in [-0.25, -0.2) is 4.79 Å². The lowest BCUT2D eigenvalue weighted by molar-refractivity contribution is -0.138. The lowest BCUT2D eigenvalue weighted by atomic mass is 10.3. The normalized spacial score (nSPS) is 10.5. The molecule has 0 aliphatic rings. The van der Waals surface area contributed by atoms with Gasteiger partial charge in [0.25, 0.3) is 0 Å². The Hall–Kier alpha value is -1.55. The number of nitrogens with one attached hydrogen (secondary N) is 1. The highest BCUT2D eigenvalue weighted by Gasteiger charge is 2.08. The Labute approximate surface area is 113 Å². The summed E-state index contributed by atoms with van der Waals surface area (Å²) in [5.74, 6) is -0.617. The molecule has 1 rings (SSSR count). The summed E-state index contributed by atoms with van der Waals surface area (Å²) >= 11 is 2.18. The predicted octanol–water partition coefficient (Wildman–Crippen LogP) is 2.67. The summed E-state index contributed by atoms with van der Waals surface area (Å²) in [6.07, 6.45) is 1.35. The molecule has 0 heterocycles. The SMILES string of the molecule is CCOC(=O)/C(C#N)=C\Nc1cccc(I)c1. The van der Waals surface area contributed by atoms with Gasteiger partial charge in [-0.2, -0.15) is 5.26 Å². The average Bonchev–Trinajstić information content (AvgIpc) is 2.30. The van der Waals surface area contributed by atoms with Crippen LogP contribution in [0, 0.1) is 14.9 Å². The summed E-state index contributed by atoms with van der Waals surface area (Å²) in [6, 6.07) is 9.37. The highest BCUT2D eigenvalue weighted by atomic mass is 127. The van der Waals surface area contributed by atoms with E-state index in [4.69, 9.17) is 10.00 Å². The number of carbonyl (C=O) groups is 1. The third kappa shape index (κ3) is 4.44. The maximum Gasteiger partial charge on any atom is 0.350 e. The minimum Gasteiger partial charge on any atom is -0.462 e. The lowest BCUT2D eigenvalue weighted by Gasteiger charge is -2.03. The summed E-state index contributed by atoms with van der Waals surface area (Å²) in [4.78, 5) is 11.3. The van der Waals surface area contributed by atoms with Crippen LogP contribution in [0.4, 0.5) is 5.69 Å². The molecule has 0 spiro atoms. The number of hydrogen-bond acceptors (Lipinski definition) is 4. The summed E-state index contributed by atoms with van der Waals surface area (Å²) < 4.78 is 5.80. The van der Waals surface area contributed by atoms with Crippen molar-refractivity contribution in [2.24, 2.45) is 0 Å². The van der Waals surface area contributed by atoms with Gasteiger partial charge >= 0.3 is 5.97 Å². The van der Waals surface area contributed by atoms with Crippen molar-refractivity contribution in [3.8, 4) is 6.07 Å². The summed E-state index contributed by atoms with van der Waals surface area (Å²) in [6.45, 7) is 1.95. The van der Waals surface area contributed by atoms with E-state index in [1.165, 1.54) is 6.20 Å². The fourth-order valence-corrected chi connectivity index (χ4v) is 1.62. The summed E-state index contributed by atoms with van der Waals surface area (Å²) in [5.41, 5.74) is 0.764. The number of nitrogens with zero attached hydrogens (tertiary/aromatic N) is 1. The molecule has 0 atom stereocenters. The van der Waals surface area contributed by atoms with Gasteiger partial charge < -0.3 is 10.1 Å². The molecule has 1 aromatic rings. The second-order valence-electron chi connectivity index (χ2n) is 3.04. The van der Waals surface area contributed by atoms with E-state index in [0.29, 0.717) is 0 Å². The van der Waals surface area contributed by atoms with Crippen LogP contribution in [0.25, 0.3) is 0 Å². The Kier molecular flexibility index (Phi) is 5.49. The topological polar surface area (TPSA) is 62.1 Å². The molecule has 1 N–H and O–H groups in total. The van der Waals surface area contributed by atoms with Gasteiger partial charge in [-0.05, 0) is 47.7 Å². The van der Waals surface area contributed by atoms with Crippen molar-refractivity contribution >= 4 is 34.2 Å². The predicted molar refractivity (Wildman–Crippen MR) is 73.1 cm³/mol. The number of nitriles is 1. The highest BCUT2D eigenvalue weighted by molar-refractivity contribution is 14.1. The van der Waals surface area contributed by atoms with Crippen LogP contribution in [-0.4, -0.2) is 12.6 Å². The first-order valence-corrected chi connectivity index (χ1v) is 6.04. The molecule has 1 aromatic carbocycles. The second-order valence-corrected chi connectivity index (χ2v) is 4.29. The van der Waals surface area contributed by atoms with Gasteiger partial charge in [-0.3, -0.25) is 0 Å². The van der Waals surface area contributed by atoms with E-state index in [-0.39, 0.29) is 12.2 Å². The molecule has 5 heteroatoms. The minimum absolute atomic E-state index is 0.0503. The number of esters is 1. The van der Waals surface area contributed by atoms with Gasteiger partial charge in [0.05, 0.1) is 6.61 Å². The number of carbonyl (C=O) groups excluding carboxylic acids is 1. The van der Waals surface area contributed by atoms with Gasteiger partial charge in [0.2, 0.25) is 0 Å². The third-order valence-electron chi connectivity index (χ3n) is 1.82. The molecule has 4 nitrogen and oxygen atoms in total. The van der Waals surface area contributed by atoms with Crippen molar-refractivity contribution in [3.63, 3.8) is 0 Å². The number of rotatable bonds is 4. The van der Waals surface area contributed by atoms with Crippen molar-refractivity contribution < 1.29 is 9.53 Å². The minimum atomic E-state index is -0.617. The van der Waals surface area contributed by atoms with Crippen molar-refractivity contribution in [3.05, 3.63) is 39.6 Å². The van der Waals surface area contributed by atoms with E-state index in [1.807, 2.05) is 24.3 Å². The van der Waals surface area contributed by atoms with E-state index in [9.17, 15) is 4.79 Å². The van der Waals surface area contributed by atoms with E-state index in [0.717, 1.165) is 9.26 Å². The molecule has 17 heavy (non-hydrogen) atoms. The molecule has 88 valence electrons. The Morgan fingerprint density at radius 3 is 3.00 bits per heavy atom. The standard InChI is InChI=1S/C12H11IN2O2/c1-2-17-12(16)9(7-14)8-15-11-5-3-4-10(13)6-11/h3-6,8,15H,2H2,1H3/b9-8-. The van der Waals surface area contributed by atoms with Crippen LogP contribution in [0.3, 0.4) is 0 Å². The zero-order valence-corrected chi connectivity index (χ0v) is 11.4. The van der Waals surface area contributed by atoms with Gasteiger partial charge in [0, 0.05) is 15.5 Å². The highest BCUT2D eigenvalue weighted by Crippen LogP contribution is 2.12. The molecule has 0 saturated heterocycles. The third-order valence-corrected chi connectivity index (χ3v) is 2.49. The van der Waals surface area contributed by atoms with Crippen LogP contribution >= 0.6 is 22.6 Å². The molecule has 0 aliphatic carbocycles. The Morgan fingerprint density at radius 1 is 1.65 bits per heavy atom. The van der Waals surface area contributed by atoms with Crippen molar-refractivity contribution in [1.82, 2.24) is 0 Å². The van der Waals surface area contributed by atoms with Gasteiger partial charge in [0.15, 0.2) is 5.57 Å². The molecule has 0 bridgehead atoms. The zero-order chi connectivity index (χ0) is 12.7. The van der Waals surface area contributed by atoms with Crippen molar-refractivity contribution in [1.29, 1.82) is 5.26 Å². The quantitative estimate of drug-likeness (QED) is 0.396. The molecular formula is C12H11IN2O2. The van der Waals surface area contributed by atoms with Gasteiger partial charge in [-0.15, -0.1) is 0 Å². The fraction of sp³-hybridized carbons (Fsp3) is 0.167. The molecule has 0 unspecified atom stereocenters. The molecule has 0 aliphatic heterocycles. The number of ether oxygens (including phenoxy) is 1. The maximum absolute atomic E-state index is 11.3. The van der Waals surface area contributed by atoms with Crippen molar-refractivity contribution in [2.45, 2.75) is 6.92 Å². The van der Waals surface area contributed by atoms with E-state index >= 15 is 0 Å². The Morgan fingerprint density at radius 2 is 2.41 bits per heavy atom.